The SMILES string of the molecule is CC[C@H](C(=O)NC1CCCCC1)N(Cc1cccc(OC)c1)C(=O)CN(c1ccc(C)cc1)S(=O)(=O)c1ccc(Cl)cc1. The molecule has 1 fully saturated rings. The van der Waals surface area contributed by atoms with E-state index in [1.807, 2.05) is 32.0 Å². The maximum Gasteiger partial charge on any atom is 0.264 e. The number of methoxy groups -OCH3 is 1. The number of halogens is 1. The summed E-state index contributed by atoms with van der Waals surface area (Å²) in [6.45, 7) is 3.37. The Kier molecular flexibility index (Phi) is 11.1. The average molecular weight is 626 g/mol. The van der Waals surface area contributed by atoms with E-state index in [1.54, 1.807) is 37.4 Å². The van der Waals surface area contributed by atoms with Gasteiger partial charge in [0.15, 0.2) is 0 Å². The van der Waals surface area contributed by atoms with Gasteiger partial charge in [0.2, 0.25) is 11.8 Å². The standard InChI is InChI=1S/C33H40ClN3O5S/c1-4-31(33(39)35-27-10-6-5-7-11-27)36(22-25-9-8-12-29(21-25)42-3)32(38)23-37(28-17-13-24(2)14-18-28)43(40,41)30-19-15-26(34)16-20-30/h8-9,12-21,27,31H,4-7,10-11,22-23H2,1-3H3,(H,35,39)/t31-/m1/s1. The maximum atomic E-state index is 14.3. The number of carbonyl (C=O) groups is 2. The van der Waals surface area contributed by atoms with E-state index in [9.17, 15) is 18.0 Å². The van der Waals surface area contributed by atoms with Crippen molar-refractivity contribution in [2.24, 2.45) is 0 Å². The summed E-state index contributed by atoms with van der Waals surface area (Å²) in [7, 11) is -2.60. The quantitative estimate of drug-likeness (QED) is 0.262. The van der Waals surface area contributed by atoms with Crippen LogP contribution in [-0.4, -0.2) is 50.9 Å². The predicted octanol–water partition coefficient (Wildman–Crippen LogP) is 6.11. The van der Waals surface area contributed by atoms with Crippen LogP contribution in [-0.2, 0) is 26.2 Å². The second-order valence-corrected chi connectivity index (χ2v) is 13.2. The molecule has 8 nitrogen and oxygen atoms in total. The summed E-state index contributed by atoms with van der Waals surface area (Å²) in [5, 5.41) is 3.56. The molecule has 3 aromatic rings. The van der Waals surface area contributed by atoms with Gasteiger partial charge in [-0.2, -0.15) is 0 Å². The zero-order chi connectivity index (χ0) is 31.0. The Morgan fingerprint density at radius 3 is 2.30 bits per heavy atom. The summed E-state index contributed by atoms with van der Waals surface area (Å²) in [6.07, 6.45) is 5.45. The summed E-state index contributed by atoms with van der Waals surface area (Å²) >= 11 is 6.03. The van der Waals surface area contributed by atoms with E-state index < -0.39 is 28.5 Å². The molecule has 0 unspecified atom stereocenters. The Morgan fingerprint density at radius 1 is 1.00 bits per heavy atom. The number of amides is 2. The third-order valence-electron chi connectivity index (χ3n) is 7.83. The van der Waals surface area contributed by atoms with Crippen molar-refractivity contribution in [1.29, 1.82) is 0 Å². The number of carbonyl (C=O) groups excluding carboxylic acids is 2. The Hall–Kier alpha value is -3.56. The Balaban J connectivity index is 1.71. The van der Waals surface area contributed by atoms with Gasteiger partial charge in [-0.15, -0.1) is 0 Å². The fourth-order valence-corrected chi connectivity index (χ4v) is 6.95. The van der Waals surface area contributed by atoms with Gasteiger partial charge in [-0.3, -0.25) is 13.9 Å². The van der Waals surface area contributed by atoms with Crippen LogP contribution in [0.1, 0.15) is 56.6 Å². The minimum Gasteiger partial charge on any atom is -0.497 e. The van der Waals surface area contributed by atoms with Crippen molar-refractivity contribution < 1.29 is 22.7 Å². The number of hydrogen-bond donors (Lipinski definition) is 1. The molecule has 0 heterocycles. The Labute approximate surface area is 260 Å². The molecule has 1 aliphatic carbocycles. The van der Waals surface area contributed by atoms with Crippen LogP contribution in [0.25, 0.3) is 0 Å². The van der Waals surface area contributed by atoms with Crippen LogP contribution in [0, 0.1) is 6.92 Å². The lowest BCUT2D eigenvalue weighted by molar-refractivity contribution is -0.140. The van der Waals surface area contributed by atoms with Crippen molar-refractivity contribution in [3.63, 3.8) is 0 Å². The zero-order valence-electron chi connectivity index (χ0n) is 25.0. The summed E-state index contributed by atoms with van der Waals surface area (Å²) in [5.74, 6) is -0.101. The van der Waals surface area contributed by atoms with Crippen molar-refractivity contribution in [3.05, 3.63) is 88.9 Å². The van der Waals surface area contributed by atoms with E-state index in [0.29, 0.717) is 22.9 Å². The van der Waals surface area contributed by atoms with E-state index in [0.717, 1.165) is 47.5 Å². The van der Waals surface area contributed by atoms with Gasteiger partial charge in [0.05, 0.1) is 17.7 Å². The van der Waals surface area contributed by atoms with Crippen LogP contribution in [0.3, 0.4) is 0 Å². The molecule has 0 aromatic heterocycles. The number of benzene rings is 3. The van der Waals surface area contributed by atoms with Gasteiger partial charge in [0.25, 0.3) is 10.0 Å². The summed E-state index contributed by atoms with van der Waals surface area (Å²) < 4.78 is 34.4. The molecular weight excluding hydrogens is 586 g/mol. The molecule has 1 aliphatic rings. The lowest BCUT2D eigenvalue weighted by Crippen LogP contribution is -2.54. The number of anilines is 1. The lowest BCUT2D eigenvalue weighted by Gasteiger charge is -2.34. The predicted molar refractivity (Wildman–Crippen MR) is 170 cm³/mol. The highest BCUT2D eigenvalue weighted by molar-refractivity contribution is 7.92. The van der Waals surface area contributed by atoms with Gasteiger partial charge >= 0.3 is 0 Å². The molecule has 0 radical (unpaired) electrons. The second-order valence-electron chi connectivity index (χ2n) is 10.9. The van der Waals surface area contributed by atoms with Crippen molar-refractivity contribution in [1.82, 2.24) is 10.2 Å². The molecule has 1 atom stereocenters. The first kappa shape index (κ1) is 32.4. The third-order valence-corrected chi connectivity index (χ3v) is 9.87. The molecule has 3 aromatic carbocycles. The van der Waals surface area contributed by atoms with Gasteiger partial charge in [0.1, 0.15) is 18.3 Å². The first-order valence-corrected chi connectivity index (χ1v) is 16.5. The average Bonchev–Trinajstić information content (AvgIpc) is 3.01. The molecule has 10 heteroatoms. The van der Waals surface area contributed by atoms with E-state index in [-0.39, 0.29) is 23.4 Å². The minimum atomic E-state index is -4.16. The van der Waals surface area contributed by atoms with Crippen molar-refractivity contribution in [2.75, 3.05) is 18.0 Å². The van der Waals surface area contributed by atoms with Gasteiger partial charge in [0, 0.05) is 17.6 Å². The van der Waals surface area contributed by atoms with E-state index in [2.05, 4.69) is 5.32 Å². The van der Waals surface area contributed by atoms with Crippen LogP contribution in [0.5, 0.6) is 5.75 Å². The molecular formula is C33H40ClN3O5S. The lowest BCUT2D eigenvalue weighted by atomic mass is 9.95. The minimum absolute atomic E-state index is 0.00621. The highest BCUT2D eigenvalue weighted by atomic mass is 35.5. The fourth-order valence-electron chi connectivity index (χ4n) is 5.40. The van der Waals surface area contributed by atoms with Gasteiger partial charge < -0.3 is 15.0 Å². The zero-order valence-corrected chi connectivity index (χ0v) is 26.5. The second kappa shape index (κ2) is 14.8. The number of ether oxygens (including phenoxy) is 1. The number of sulfonamides is 1. The van der Waals surface area contributed by atoms with Gasteiger partial charge in [-0.05, 0) is 80.3 Å². The fraction of sp³-hybridized carbons (Fsp3) is 0.394. The van der Waals surface area contributed by atoms with Crippen LogP contribution in [0.15, 0.2) is 77.7 Å². The number of rotatable bonds is 12. The normalized spacial score (nSPS) is 14.5. The molecule has 0 aliphatic heterocycles. The maximum absolute atomic E-state index is 14.3. The first-order chi connectivity index (χ1) is 20.6. The van der Waals surface area contributed by atoms with Crippen LogP contribution < -0.4 is 14.4 Å². The van der Waals surface area contributed by atoms with Gasteiger partial charge in [-0.25, -0.2) is 8.42 Å². The van der Waals surface area contributed by atoms with E-state index in [1.165, 1.54) is 29.2 Å². The highest BCUT2D eigenvalue weighted by Gasteiger charge is 2.34. The molecule has 0 saturated heterocycles. The van der Waals surface area contributed by atoms with E-state index in [4.69, 9.17) is 16.3 Å². The molecule has 1 N–H and O–H groups in total. The number of aryl methyl sites for hydroxylation is 1. The summed E-state index contributed by atoms with van der Waals surface area (Å²) in [4.78, 5) is 29.4. The number of nitrogens with zero attached hydrogens (tertiary/aromatic N) is 2. The number of hydrogen-bond acceptors (Lipinski definition) is 5. The van der Waals surface area contributed by atoms with Gasteiger partial charge in [-0.1, -0.05) is 67.6 Å². The number of nitrogens with one attached hydrogen (secondary N) is 1. The smallest absolute Gasteiger partial charge is 0.264 e. The molecule has 0 bridgehead atoms. The Bertz CT molecular complexity index is 1490. The molecule has 0 spiro atoms. The molecule has 230 valence electrons. The Morgan fingerprint density at radius 2 is 1.67 bits per heavy atom. The van der Waals surface area contributed by atoms with Crippen molar-refractivity contribution >= 4 is 39.1 Å². The van der Waals surface area contributed by atoms with Crippen LogP contribution in [0.4, 0.5) is 5.69 Å². The first-order valence-electron chi connectivity index (χ1n) is 14.7. The summed E-state index contributed by atoms with van der Waals surface area (Å²) in [5.41, 5.74) is 2.05. The third kappa shape index (κ3) is 8.30. The molecule has 4 rings (SSSR count). The van der Waals surface area contributed by atoms with Crippen molar-refractivity contribution in [3.8, 4) is 5.75 Å². The molecule has 43 heavy (non-hydrogen) atoms. The van der Waals surface area contributed by atoms with Crippen LogP contribution >= 0.6 is 11.6 Å². The molecule has 2 amide bonds. The van der Waals surface area contributed by atoms with E-state index >= 15 is 0 Å². The monoisotopic (exact) mass is 625 g/mol. The largest absolute Gasteiger partial charge is 0.497 e. The van der Waals surface area contributed by atoms with Crippen molar-refractivity contribution in [2.45, 2.75) is 75.9 Å². The summed E-state index contributed by atoms with van der Waals surface area (Å²) in [6, 6.07) is 19.4. The molecule has 1 saturated carbocycles. The highest BCUT2D eigenvalue weighted by Crippen LogP contribution is 2.27. The topological polar surface area (TPSA) is 96.0 Å². The van der Waals surface area contributed by atoms with Crippen LogP contribution in [0.2, 0.25) is 5.02 Å².